The molecule has 0 unspecified atom stereocenters. The molecular weight excluding hydrogens is 386 g/mol. The number of aryl methyl sites for hydroxylation is 1. The van der Waals surface area contributed by atoms with E-state index in [1.54, 1.807) is 37.3 Å². The number of hydrogen-bond acceptors (Lipinski definition) is 5. The van der Waals surface area contributed by atoms with Crippen LogP contribution in [0.3, 0.4) is 0 Å². The summed E-state index contributed by atoms with van der Waals surface area (Å²) in [7, 11) is -2.29. The van der Waals surface area contributed by atoms with Gasteiger partial charge >= 0.3 is 0 Å². The van der Waals surface area contributed by atoms with Crippen molar-refractivity contribution in [1.82, 2.24) is 4.72 Å². The number of rotatable bonds is 4. The molecule has 1 aliphatic rings. The number of anilines is 2. The van der Waals surface area contributed by atoms with Gasteiger partial charge in [-0.05, 0) is 56.8 Å². The molecule has 2 aromatic carbocycles. The number of fused-ring (bicyclic) bond motifs is 1. The van der Waals surface area contributed by atoms with E-state index in [1.807, 2.05) is 6.92 Å². The van der Waals surface area contributed by atoms with E-state index >= 15 is 0 Å². The van der Waals surface area contributed by atoms with Crippen molar-refractivity contribution in [1.29, 1.82) is 0 Å². The van der Waals surface area contributed by atoms with Crippen LogP contribution in [0.15, 0.2) is 46.2 Å². The van der Waals surface area contributed by atoms with Crippen molar-refractivity contribution in [2.24, 2.45) is 0 Å². The van der Waals surface area contributed by atoms with Crippen LogP contribution in [-0.2, 0) is 14.8 Å². The van der Waals surface area contributed by atoms with Gasteiger partial charge in [0.15, 0.2) is 0 Å². The number of amides is 2. The number of thioether (sulfide) groups is 1. The molecule has 0 saturated carbocycles. The molecule has 1 aliphatic heterocycles. The minimum atomic E-state index is -3.63. The lowest BCUT2D eigenvalue weighted by Crippen LogP contribution is -2.26. The molecule has 0 saturated heterocycles. The van der Waals surface area contributed by atoms with Gasteiger partial charge in [0, 0.05) is 16.1 Å². The van der Waals surface area contributed by atoms with Crippen LogP contribution in [0, 0.1) is 6.92 Å². The summed E-state index contributed by atoms with van der Waals surface area (Å²) in [4.78, 5) is 25.4. The first-order chi connectivity index (χ1) is 12.7. The number of carbonyl (C=O) groups is 2. The third-order valence-electron chi connectivity index (χ3n) is 4.18. The maximum Gasteiger partial charge on any atom is 0.255 e. The number of sulfonamides is 1. The van der Waals surface area contributed by atoms with Crippen LogP contribution < -0.4 is 15.4 Å². The van der Waals surface area contributed by atoms with E-state index in [0.29, 0.717) is 22.5 Å². The van der Waals surface area contributed by atoms with Crippen LogP contribution in [-0.4, -0.2) is 32.5 Å². The summed E-state index contributed by atoms with van der Waals surface area (Å²) < 4.78 is 26.4. The van der Waals surface area contributed by atoms with Crippen molar-refractivity contribution in [3.05, 3.63) is 47.5 Å². The maximum absolute atomic E-state index is 12.6. The molecule has 3 rings (SSSR count). The highest BCUT2D eigenvalue weighted by molar-refractivity contribution is 8.01. The lowest BCUT2D eigenvalue weighted by atomic mass is 10.1. The topological polar surface area (TPSA) is 104 Å². The van der Waals surface area contributed by atoms with Crippen LogP contribution >= 0.6 is 11.8 Å². The van der Waals surface area contributed by atoms with Crippen molar-refractivity contribution in [2.45, 2.75) is 28.9 Å². The van der Waals surface area contributed by atoms with Crippen LogP contribution in [0.2, 0.25) is 0 Å². The van der Waals surface area contributed by atoms with E-state index in [2.05, 4.69) is 15.4 Å². The zero-order chi connectivity index (χ0) is 19.8. The van der Waals surface area contributed by atoms with Crippen molar-refractivity contribution < 1.29 is 18.0 Å². The van der Waals surface area contributed by atoms with Crippen LogP contribution in [0.1, 0.15) is 22.8 Å². The fourth-order valence-electron chi connectivity index (χ4n) is 2.63. The van der Waals surface area contributed by atoms with Gasteiger partial charge in [0.25, 0.3) is 5.91 Å². The predicted molar refractivity (Wildman–Crippen MR) is 106 cm³/mol. The summed E-state index contributed by atoms with van der Waals surface area (Å²) in [6.07, 6.45) is 0. The zero-order valence-corrected chi connectivity index (χ0v) is 16.6. The van der Waals surface area contributed by atoms with E-state index in [9.17, 15) is 18.0 Å². The fourth-order valence-corrected chi connectivity index (χ4v) is 4.55. The molecule has 0 aliphatic carbocycles. The number of benzene rings is 2. The van der Waals surface area contributed by atoms with Gasteiger partial charge in [-0.1, -0.05) is 6.07 Å². The highest BCUT2D eigenvalue weighted by Gasteiger charge is 2.24. The summed E-state index contributed by atoms with van der Waals surface area (Å²) in [6.45, 7) is 3.50. The van der Waals surface area contributed by atoms with Crippen LogP contribution in [0.5, 0.6) is 0 Å². The van der Waals surface area contributed by atoms with Gasteiger partial charge < -0.3 is 10.6 Å². The number of nitrogens with one attached hydrogen (secondary N) is 3. The summed E-state index contributed by atoms with van der Waals surface area (Å²) in [6, 6.07) is 9.75. The summed E-state index contributed by atoms with van der Waals surface area (Å²) in [5.41, 5.74) is 1.90. The Labute approximate surface area is 162 Å². The average molecular weight is 406 g/mol. The normalized spacial score (nSPS) is 16.4. The highest BCUT2D eigenvalue weighted by Crippen LogP contribution is 2.36. The summed E-state index contributed by atoms with van der Waals surface area (Å²) in [5, 5.41) is 5.30. The Bertz CT molecular complexity index is 1030. The van der Waals surface area contributed by atoms with E-state index in [0.717, 1.165) is 4.90 Å². The molecule has 7 nitrogen and oxygen atoms in total. The average Bonchev–Trinajstić information content (AvgIpc) is 2.63. The number of carbonyl (C=O) groups excluding carboxylic acids is 2. The Hall–Kier alpha value is -2.36. The van der Waals surface area contributed by atoms with E-state index in [1.165, 1.54) is 24.9 Å². The Morgan fingerprint density at radius 2 is 1.93 bits per heavy atom. The predicted octanol–water partition coefficient (Wildman–Crippen LogP) is 2.59. The second kappa shape index (κ2) is 7.34. The molecule has 1 atom stereocenters. The molecule has 27 heavy (non-hydrogen) atoms. The minimum Gasteiger partial charge on any atom is -0.324 e. The molecule has 0 spiro atoms. The first-order valence-corrected chi connectivity index (χ1v) is 10.5. The first-order valence-electron chi connectivity index (χ1n) is 8.18. The molecule has 0 fully saturated rings. The lowest BCUT2D eigenvalue weighted by Gasteiger charge is -2.21. The molecule has 1 heterocycles. The standard InChI is InChI=1S/C18H19N3O4S2/c1-10-4-6-13(9-16(10)27(24,25)19-3)20-18(23)12-5-7-15-14(8-12)21-17(22)11(2)26-15/h4-9,11,19H,1-3H3,(H,20,23)(H,21,22)/t11-/m1/s1. The third-order valence-corrected chi connectivity index (χ3v) is 6.91. The van der Waals surface area contributed by atoms with Gasteiger partial charge in [-0.2, -0.15) is 0 Å². The largest absolute Gasteiger partial charge is 0.324 e. The highest BCUT2D eigenvalue weighted by atomic mass is 32.2. The van der Waals surface area contributed by atoms with E-state index in [4.69, 9.17) is 0 Å². The van der Waals surface area contributed by atoms with E-state index in [-0.39, 0.29) is 16.1 Å². The molecule has 0 radical (unpaired) electrons. The monoisotopic (exact) mass is 405 g/mol. The van der Waals surface area contributed by atoms with Gasteiger partial charge in [0.1, 0.15) is 0 Å². The third kappa shape index (κ3) is 4.00. The zero-order valence-electron chi connectivity index (χ0n) is 15.0. The maximum atomic E-state index is 12.6. The van der Waals surface area contributed by atoms with Crippen molar-refractivity contribution in [3.63, 3.8) is 0 Å². The van der Waals surface area contributed by atoms with Gasteiger partial charge in [-0.3, -0.25) is 9.59 Å². The molecule has 0 aromatic heterocycles. The van der Waals surface area contributed by atoms with Gasteiger partial charge in [0.05, 0.1) is 15.8 Å². The van der Waals surface area contributed by atoms with Crippen LogP contribution in [0.4, 0.5) is 11.4 Å². The minimum absolute atomic E-state index is 0.103. The molecule has 142 valence electrons. The summed E-state index contributed by atoms with van der Waals surface area (Å²) >= 11 is 1.44. The fraction of sp³-hybridized carbons (Fsp3) is 0.222. The van der Waals surface area contributed by atoms with Gasteiger partial charge in [-0.25, -0.2) is 13.1 Å². The second-order valence-electron chi connectivity index (χ2n) is 6.10. The Balaban J connectivity index is 1.85. The van der Waals surface area contributed by atoms with Crippen molar-refractivity contribution in [2.75, 3.05) is 17.7 Å². The van der Waals surface area contributed by atoms with E-state index < -0.39 is 15.9 Å². The summed E-state index contributed by atoms with van der Waals surface area (Å²) in [5.74, 6) is -0.502. The van der Waals surface area contributed by atoms with Crippen molar-refractivity contribution in [3.8, 4) is 0 Å². The SMILES string of the molecule is CNS(=O)(=O)c1cc(NC(=O)c2ccc3c(c2)NC(=O)[C@@H](C)S3)ccc1C. The number of hydrogen-bond donors (Lipinski definition) is 3. The molecule has 3 N–H and O–H groups in total. The van der Waals surface area contributed by atoms with Gasteiger partial charge in [0.2, 0.25) is 15.9 Å². The lowest BCUT2D eigenvalue weighted by molar-refractivity contribution is -0.115. The molecule has 2 aromatic rings. The molecular formula is C18H19N3O4S2. The first kappa shape index (κ1) is 19.4. The Morgan fingerprint density at radius 1 is 1.19 bits per heavy atom. The van der Waals surface area contributed by atoms with Crippen molar-refractivity contribution >= 4 is 45.0 Å². The second-order valence-corrected chi connectivity index (χ2v) is 9.34. The molecule has 2 amide bonds. The Morgan fingerprint density at radius 3 is 2.63 bits per heavy atom. The Kier molecular flexibility index (Phi) is 5.27. The quantitative estimate of drug-likeness (QED) is 0.725. The van der Waals surface area contributed by atoms with Crippen LogP contribution in [0.25, 0.3) is 0 Å². The molecule has 0 bridgehead atoms. The smallest absolute Gasteiger partial charge is 0.255 e. The van der Waals surface area contributed by atoms with Gasteiger partial charge in [-0.15, -0.1) is 11.8 Å². The molecule has 9 heteroatoms.